The zero-order chi connectivity index (χ0) is 16.5. The van der Waals surface area contributed by atoms with Crippen molar-refractivity contribution in [3.63, 3.8) is 0 Å². The van der Waals surface area contributed by atoms with Gasteiger partial charge in [-0.2, -0.15) is 10.5 Å². The average Bonchev–Trinajstić information content (AvgIpc) is 2.99. The van der Waals surface area contributed by atoms with Gasteiger partial charge in [0.1, 0.15) is 0 Å². The molecule has 2 rings (SSSR count). The van der Waals surface area contributed by atoms with Crippen LogP contribution >= 0.6 is 11.8 Å². The molecule has 1 atom stereocenters. The first kappa shape index (κ1) is 16.8. The first-order chi connectivity index (χ1) is 11.3. The highest BCUT2D eigenvalue weighted by Gasteiger charge is 2.15. The maximum Gasteiger partial charge on any atom is 0.191 e. The Morgan fingerprint density at radius 3 is 2.70 bits per heavy atom. The molecule has 1 aromatic heterocycles. The van der Waals surface area contributed by atoms with E-state index in [1.807, 2.05) is 34.9 Å². The van der Waals surface area contributed by atoms with E-state index in [0.717, 1.165) is 16.5 Å². The molecule has 0 aliphatic rings. The minimum atomic E-state index is -0.159. The summed E-state index contributed by atoms with van der Waals surface area (Å²) in [5.41, 5.74) is 0.995. The highest BCUT2D eigenvalue weighted by molar-refractivity contribution is 7.99. The van der Waals surface area contributed by atoms with Gasteiger partial charge in [-0.15, -0.1) is 16.8 Å². The third-order valence-corrected chi connectivity index (χ3v) is 4.39. The molecule has 23 heavy (non-hydrogen) atoms. The van der Waals surface area contributed by atoms with Crippen molar-refractivity contribution in [3.05, 3.63) is 43.0 Å². The maximum atomic E-state index is 9.15. The van der Waals surface area contributed by atoms with Crippen molar-refractivity contribution in [1.82, 2.24) is 14.8 Å². The van der Waals surface area contributed by atoms with Crippen molar-refractivity contribution in [1.29, 1.82) is 10.5 Å². The summed E-state index contributed by atoms with van der Waals surface area (Å²) in [5, 5.41) is 27.1. The number of aromatic nitrogens is 3. The Morgan fingerprint density at radius 1 is 1.26 bits per heavy atom. The number of hydrogen-bond acceptors (Lipinski definition) is 5. The zero-order valence-corrected chi connectivity index (χ0v) is 13.5. The summed E-state index contributed by atoms with van der Waals surface area (Å²) < 4.78 is 1.99. The van der Waals surface area contributed by atoms with E-state index in [-0.39, 0.29) is 5.92 Å². The van der Waals surface area contributed by atoms with Gasteiger partial charge in [0.05, 0.1) is 18.1 Å². The summed E-state index contributed by atoms with van der Waals surface area (Å²) in [5.74, 6) is 1.23. The SMILES string of the molecule is C=CCn1c(SC[C@@H](C#N)CCC#N)nnc1-c1ccccc1. The van der Waals surface area contributed by atoms with Crippen LogP contribution in [0.5, 0.6) is 0 Å². The fraction of sp³-hybridized carbons (Fsp3) is 0.294. The van der Waals surface area contributed by atoms with Gasteiger partial charge in [-0.3, -0.25) is 4.57 Å². The second-order valence-electron chi connectivity index (χ2n) is 4.91. The molecule has 0 aliphatic heterocycles. The Kier molecular flexibility index (Phi) is 6.40. The van der Waals surface area contributed by atoms with E-state index in [1.165, 1.54) is 11.8 Å². The van der Waals surface area contributed by atoms with Crippen LogP contribution in [-0.4, -0.2) is 20.5 Å². The normalized spacial score (nSPS) is 11.4. The quantitative estimate of drug-likeness (QED) is 0.547. The van der Waals surface area contributed by atoms with E-state index in [0.29, 0.717) is 25.1 Å². The average molecular weight is 323 g/mol. The summed E-state index contributed by atoms with van der Waals surface area (Å²) in [6.07, 6.45) is 2.78. The molecule has 0 fully saturated rings. The minimum Gasteiger partial charge on any atom is -0.298 e. The Labute approximate surface area is 140 Å². The Hall–Kier alpha value is -2.57. The van der Waals surface area contributed by atoms with E-state index in [2.05, 4.69) is 28.9 Å². The molecule has 2 aromatic rings. The predicted molar refractivity (Wildman–Crippen MR) is 90.3 cm³/mol. The van der Waals surface area contributed by atoms with Crippen molar-refractivity contribution in [2.45, 2.75) is 24.5 Å². The summed E-state index contributed by atoms with van der Waals surface area (Å²) >= 11 is 1.50. The first-order valence-electron chi connectivity index (χ1n) is 7.29. The first-order valence-corrected chi connectivity index (χ1v) is 8.27. The topological polar surface area (TPSA) is 78.3 Å². The van der Waals surface area contributed by atoms with Crippen LogP contribution in [-0.2, 0) is 6.54 Å². The number of rotatable bonds is 8. The van der Waals surface area contributed by atoms with Gasteiger partial charge >= 0.3 is 0 Å². The molecule has 0 radical (unpaired) electrons. The number of benzene rings is 1. The van der Waals surface area contributed by atoms with Crippen molar-refractivity contribution in [3.8, 4) is 23.5 Å². The van der Waals surface area contributed by atoms with Crippen molar-refractivity contribution in [2.24, 2.45) is 5.92 Å². The monoisotopic (exact) mass is 323 g/mol. The van der Waals surface area contributed by atoms with E-state index in [9.17, 15) is 0 Å². The third-order valence-electron chi connectivity index (χ3n) is 3.26. The fourth-order valence-corrected chi connectivity index (χ4v) is 3.10. The lowest BCUT2D eigenvalue weighted by Gasteiger charge is -2.09. The number of thioether (sulfide) groups is 1. The van der Waals surface area contributed by atoms with Crippen LogP contribution < -0.4 is 0 Å². The van der Waals surface area contributed by atoms with Gasteiger partial charge in [0.2, 0.25) is 0 Å². The van der Waals surface area contributed by atoms with Gasteiger partial charge in [-0.25, -0.2) is 0 Å². The van der Waals surface area contributed by atoms with Crippen molar-refractivity contribution >= 4 is 11.8 Å². The fourth-order valence-electron chi connectivity index (χ4n) is 2.09. The van der Waals surface area contributed by atoms with Crippen LogP contribution in [0.3, 0.4) is 0 Å². The highest BCUT2D eigenvalue weighted by atomic mass is 32.2. The molecule has 1 heterocycles. The van der Waals surface area contributed by atoms with Crippen LogP contribution in [0.4, 0.5) is 0 Å². The molecule has 6 heteroatoms. The van der Waals surface area contributed by atoms with Gasteiger partial charge in [-0.1, -0.05) is 48.2 Å². The molecule has 1 aromatic carbocycles. The van der Waals surface area contributed by atoms with Gasteiger partial charge in [-0.05, 0) is 6.42 Å². The maximum absolute atomic E-state index is 9.15. The summed E-state index contributed by atoms with van der Waals surface area (Å²) in [7, 11) is 0. The van der Waals surface area contributed by atoms with Crippen LogP contribution in [0.1, 0.15) is 12.8 Å². The lowest BCUT2D eigenvalue weighted by atomic mass is 10.1. The lowest BCUT2D eigenvalue weighted by molar-refractivity contribution is 0.679. The number of allylic oxidation sites excluding steroid dienone is 1. The molecule has 0 bridgehead atoms. The Morgan fingerprint density at radius 2 is 2.04 bits per heavy atom. The van der Waals surface area contributed by atoms with Crippen LogP contribution in [0.2, 0.25) is 0 Å². The van der Waals surface area contributed by atoms with Crippen molar-refractivity contribution < 1.29 is 0 Å². The number of nitriles is 2. The predicted octanol–water partition coefficient (Wildman–Crippen LogP) is 3.67. The summed E-state index contributed by atoms with van der Waals surface area (Å²) in [6, 6.07) is 14.2. The molecular formula is C17H17N5S. The molecule has 5 nitrogen and oxygen atoms in total. The number of nitrogens with zero attached hydrogens (tertiary/aromatic N) is 5. The second-order valence-corrected chi connectivity index (χ2v) is 5.89. The summed E-state index contributed by atoms with van der Waals surface area (Å²) in [6.45, 7) is 4.40. The van der Waals surface area contributed by atoms with Crippen molar-refractivity contribution in [2.75, 3.05) is 5.75 Å². The molecular weight excluding hydrogens is 306 g/mol. The van der Waals surface area contributed by atoms with E-state index in [4.69, 9.17) is 10.5 Å². The van der Waals surface area contributed by atoms with Gasteiger partial charge in [0, 0.05) is 24.3 Å². The Bertz CT molecular complexity index is 724. The molecule has 0 saturated heterocycles. The van der Waals surface area contributed by atoms with Gasteiger partial charge < -0.3 is 0 Å². The van der Waals surface area contributed by atoms with Gasteiger partial charge in [0.15, 0.2) is 11.0 Å². The largest absolute Gasteiger partial charge is 0.298 e. The van der Waals surface area contributed by atoms with Gasteiger partial charge in [0.25, 0.3) is 0 Å². The van der Waals surface area contributed by atoms with E-state index < -0.39 is 0 Å². The highest BCUT2D eigenvalue weighted by Crippen LogP contribution is 2.26. The van der Waals surface area contributed by atoms with Crippen LogP contribution in [0, 0.1) is 28.6 Å². The zero-order valence-electron chi connectivity index (χ0n) is 12.7. The molecule has 0 aliphatic carbocycles. The van der Waals surface area contributed by atoms with Crippen LogP contribution in [0.15, 0.2) is 48.1 Å². The molecule has 0 spiro atoms. The lowest BCUT2D eigenvalue weighted by Crippen LogP contribution is -2.04. The molecule has 0 N–H and O–H groups in total. The smallest absolute Gasteiger partial charge is 0.191 e. The van der Waals surface area contributed by atoms with E-state index >= 15 is 0 Å². The minimum absolute atomic E-state index is 0.159. The summed E-state index contributed by atoms with van der Waals surface area (Å²) in [4.78, 5) is 0. The Balaban J connectivity index is 2.17. The number of hydrogen-bond donors (Lipinski definition) is 0. The molecule has 0 saturated carbocycles. The van der Waals surface area contributed by atoms with E-state index in [1.54, 1.807) is 6.08 Å². The van der Waals surface area contributed by atoms with Crippen LogP contribution in [0.25, 0.3) is 11.4 Å². The standard InChI is InChI=1S/C17H17N5S/c1-2-11-22-16(15-8-4-3-5-9-15)20-21-17(22)23-13-14(12-19)7-6-10-18/h2-5,8-9,14H,1,6-7,11,13H2/t14-/m1/s1. The second kappa shape index (κ2) is 8.77. The third kappa shape index (κ3) is 4.45. The molecule has 0 amide bonds. The molecule has 0 unspecified atom stereocenters. The molecule has 116 valence electrons.